The summed E-state index contributed by atoms with van der Waals surface area (Å²) in [5.41, 5.74) is 3.31. The molecule has 1 unspecified atom stereocenters. The van der Waals surface area contributed by atoms with Crippen LogP contribution in [0.5, 0.6) is 0 Å². The van der Waals surface area contributed by atoms with Crippen LogP contribution in [-0.4, -0.2) is 57.5 Å². The van der Waals surface area contributed by atoms with E-state index in [-0.39, 0.29) is 11.9 Å². The van der Waals surface area contributed by atoms with Crippen molar-refractivity contribution in [2.75, 3.05) is 19.6 Å². The van der Waals surface area contributed by atoms with Crippen molar-refractivity contribution in [2.24, 2.45) is 5.92 Å². The summed E-state index contributed by atoms with van der Waals surface area (Å²) in [6.07, 6.45) is 5.08. The van der Waals surface area contributed by atoms with Crippen molar-refractivity contribution in [3.05, 3.63) is 108 Å². The van der Waals surface area contributed by atoms with Crippen molar-refractivity contribution < 1.29 is 29.0 Å². The molecule has 8 heteroatoms. The fourth-order valence-electron chi connectivity index (χ4n) is 4.95. The molecule has 1 saturated heterocycles. The summed E-state index contributed by atoms with van der Waals surface area (Å²) in [4.78, 5) is 36.3. The van der Waals surface area contributed by atoms with Crippen molar-refractivity contribution in [1.82, 2.24) is 9.80 Å². The number of carboxylic acids is 2. The van der Waals surface area contributed by atoms with E-state index in [0.717, 1.165) is 55.9 Å². The third kappa shape index (κ3) is 6.74. The number of fused-ring (bicyclic) bond motifs is 1. The van der Waals surface area contributed by atoms with E-state index in [1.807, 2.05) is 29.2 Å². The molecule has 2 N–H and O–H groups in total. The number of hydrogen-bond donors (Lipinski definition) is 2. The highest BCUT2D eigenvalue weighted by molar-refractivity contribution is 5.98. The Balaban J connectivity index is 0.000000349. The minimum absolute atomic E-state index is 0.157. The lowest BCUT2D eigenvalue weighted by molar-refractivity contribution is -0.134. The highest BCUT2D eigenvalue weighted by atomic mass is 16.4. The molecular weight excluding hydrogens is 472 g/mol. The maximum absolute atomic E-state index is 12.7. The molecule has 2 aliphatic heterocycles. The number of nitrogens with zero attached hydrogens (tertiary/aromatic N) is 2. The number of aliphatic carboxylic acids is 2. The van der Waals surface area contributed by atoms with E-state index < -0.39 is 11.9 Å². The lowest BCUT2D eigenvalue weighted by atomic mass is 9.93. The maximum atomic E-state index is 12.7. The van der Waals surface area contributed by atoms with Gasteiger partial charge in [-0.1, -0.05) is 48.5 Å². The second-order valence-electron chi connectivity index (χ2n) is 9.16. The minimum Gasteiger partial charge on any atom is -0.478 e. The van der Waals surface area contributed by atoms with Crippen LogP contribution in [0.1, 0.15) is 46.1 Å². The monoisotopic (exact) mass is 502 g/mol. The predicted molar refractivity (Wildman–Crippen MR) is 137 cm³/mol. The molecule has 0 radical (unpaired) electrons. The Morgan fingerprint density at radius 3 is 2.16 bits per heavy atom. The lowest BCUT2D eigenvalue weighted by Crippen LogP contribution is -2.40. The molecule has 37 heavy (non-hydrogen) atoms. The van der Waals surface area contributed by atoms with Crippen LogP contribution in [0.4, 0.5) is 0 Å². The molecule has 3 heterocycles. The molecule has 0 aliphatic carbocycles. The maximum Gasteiger partial charge on any atom is 0.328 e. The first-order valence-electron chi connectivity index (χ1n) is 12.3. The van der Waals surface area contributed by atoms with Crippen molar-refractivity contribution in [3.8, 4) is 0 Å². The quantitative estimate of drug-likeness (QED) is 0.459. The molecule has 2 aliphatic rings. The summed E-state index contributed by atoms with van der Waals surface area (Å²) in [5.74, 6) is -0.766. The Hall–Kier alpha value is -4.17. The lowest BCUT2D eigenvalue weighted by Gasteiger charge is -2.38. The van der Waals surface area contributed by atoms with Gasteiger partial charge >= 0.3 is 11.9 Å². The van der Waals surface area contributed by atoms with E-state index in [4.69, 9.17) is 14.6 Å². The van der Waals surface area contributed by atoms with Gasteiger partial charge in [-0.05, 0) is 61.2 Å². The number of carbonyl (C=O) groups excluding carboxylic acids is 1. The molecule has 8 nitrogen and oxygen atoms in total. The number of amides is 1. The van der Waals surface area contributed by atoms with Gasteiger partial charge in [0.15, 0.2) is 0 Å². The fourth-order valence-corrected chi connectivity index (χ4v) is 4.95. The number of benzene rings is 2. The Bertz CT molecular complexity index is 1210. The van der Waals surface area contributed by atoms with E-state index in [1.54, 1.807) is 6.26 Å². The second kappa shape index (κ2) is 12.2. The zero-order valence-electron chi connectivity index (χ0n) is 20.4. The normalized spacial score (nSPS) is 16.8. The van der Waals surface area contributed by atoms with Crippen molar-refractivity contribution >= 4 is 17.8 Å². The van der Waals surface area contributed by atoms with Gasteiger partial charge in [-0.2, -0.15) is 0 Å². The van der Waals surface area contributed by atoms with Gasteiger partial charge in [-0.3, -0.25) is 9.69 Å². The molecule has 3 aromatic rings. The van der Waals surface area contributed by atoms with Crippen LogP contribution < -0.4 is 0 Å². The van der Waals surface area contributed by atoms with Gasteiger partial charge < -0.3 is 19.5 Å². The predicted octanol–water partition coefficient (Wildman–Crippen LogP) is 4.45. The Morgan fingerprint density at radius 2 is 1.57 bits per heavy atom. The molecule has 192 valence electrons. The van der Waals surface area contributed by atoms with E-state index in [1.165, 1.54) is 5.56 Å². The first-order valence-corrected chi connectivity index (χ1v) is 12.3. The van der Waals surface area contributed by atoms with Gasteiger partial charge in [0.05, 0.1) is 12.3 Å². The summed E-state index contributed by atoms with van der Waals surface area (Å²) in [5, 5.41) is 15.6. The van der Waals surface area contributed by atoms with Crippen LogP contribution in [0.15, 0.2) is 89.6 Å². The first kappa shape index (κ1) is 25.9. The molecular formula is C29H30N2O6. The Kier molecular flexibility index (Phi) is 8.53. The van der Waals surface area contributed by atoms with Crippen molar-refractivity contribution in [3.63, 3.8) is 0 Å². The van der Waals surface area contributed by atoms with E-state index >= 15 is 0 Å². The highest BCUT2D eigenvalue weighted by Gasteiger charge is 2.32. The molecule has 5 rings (SSSR count). The standard InChI is InChI=1S/C25H26N2O2.C4H4O4/c28-25-22-10-5-4-9-21(22)18-27(25)17-19-12-14-26(15-13-19)24(23-11-6-16-29-23)20-7-2-1-3-8-20;5-3(6)1-2-4(7)8/h1-11,16,19,24H,12-15,17-18H2;1-2H,(H,5,6)(H,7,8). The third-order valence-corrected chi connectivity index (χ3v) is 6.69. The van der Waals surface area contributed by atoms with Crippen LogP contribution in [0.25, 0.3) is 0 Å². The highest BCUT2D eigenvalue weighted by Crippen LogP contribution is 2.33. The molecule has 1 aromatic heterocycles. The van der Waals surface area contributed by atoms with Crippen molar-refractivity contribution in [1.29, 1.82) is 0 Å². The summed E-state index contributed by atoms with van der Waals surface area (Å²) in [6, 6.07) is 22.8. The number of likely N-dealkylation sites (tertiary alicyclic amines) is 1. The average molecular weight is 503 g/mol. The number of hydrogen-bond acceptors (Lipinski definition) is 5. The number of furan rings is 1. The van der Waals surface area contributed by atoms with Gasteiger partial charge in [-0.15, -0.1) is 0 Å². The molecule has 0 spiro atoms. The zero-order valence-corrected chi connectivity index (χ0v) is 20.4. The Morgan fingerprint density at radius 1 is 0.919 bits per heavy atom. The van der Waals surface area contributed by atoms with Gasteiger partial charge in [-0.25, -0.2) is 9.59 Å². The van der Waals surface area contributed by atoms with Gasteiger partial charge in [0.2, 0.25) is 0 Å². The number of piperidine rings is 1. The largest absolute Gasteiger partial charge is 0.478 e. The van der Waals surface area contributed by atoms with E-state index in [0.29, 0.717) is 18.1 Å². The van der Waals surface area contributed by atoms with Gasteiger partial charge in [0.1, 0.15) is 5.76 Å². The smallest absolute Gasteiger partial charge is 0.328 e. The number of rotatable bonds is 7. The van der Waals surface area contributed by atoms with Gasteiger partial charge in [0, 0.05) is 30.8 Å². The molecule has 2 aromatic carbocycles. The molecule has 1 atom stereocenters. The van der Waals surface area contributed by atoms with Crippen LogP contribution in [-0.2, 0) is 16.1 Å². The van der Waals surface area contributed by atoms with E-state index in [2.05, 4.69) is 47.4 Å². The number of carbonyl (C=O) groups is 3. The fraction of sp³-hybridized carbons (Fsp3) is 0.276. The third-order valence-electron chi connectivity index (χ3n) is 6.69. The molecule has 1 fully saturated rings. The minimum atomic E-state index is -1.26. The summed E-state index contributed by atoms with van der Waals surface area (Å²) in [6.45, 7) is 3.65. The second-order valence-corrected chi connectivity index (χ2v) is 9.16. The average Bonchev–Trinajstić information content (AvgIpc) is 3.54. The first-order chi connectivity index (χ1) is 17.9. The van der Waals surface area contributed by atoms with E-state index in [9.17, 15) is 14.4 Å². The molecule has 1 amide bonds. The zero-order chi connectivity index (χ0) is 26.2. The molecule has 0 saturated carbocycles. The Labute approximate surface area is 215 Å². The van der Waals surface area contributed by atoms with Crippen LogP contribution in [0.3, 0.4) is 0 Å². The van der Waals surface area contributed by atoms with Crippen molar-refractivity contribution in [2.45, 2.75) is 25.4 Å². The van der Waals surface area contributed by atoms with Crippen LogP contribution in [0, 0.1) is 5.92 Å². The SMILES string of the molecule is O=C(O)C=CC(=O)O.O=C1c2ccccc2CN1CC1CCN(C(c2ccccc2)c2ccco2)CC1. The topological polar surface area (TPSA) is 111 Å². The van der Waals surface area contributed by atoms with Crippen LogP contribution >= 0.6 is 0 Å². The molecule has 0 bridgehead atoms. The summed E-state index contributed by atoms with van der Waals surface area (Å²) < 4.78 is 5.79. The van der Waals surface area contributed by atoms with Crippen LogP contribution in [0.2, 0.25) is 0 Å². The number of carboxylic acid groups (broad SMARTS) is 2. The summed E-state index contributed by atoms with van der Waals surface area (Å²) >= 11 is 0. The summed E-state index contributed by atoms with van der Waals surface area (Å²) in [7, 11) is 0. The van der Waals surface area contributed by atoms with Gasteiger partial charge in [0.25, 0.3) is 5.91 Å².